The van der Waals surface area contributed by atoms with Gasteiger partial charge in [-0.05, 0) is 73.7 Å². The van der Waals surface area contributed by atoms with Gasteiger partial charge in [-0.1, -0.05) is 55.8 Å². The fourth-order valence-electron chi connectivity index (χ4n) is 3.75. The van der Waals surface area contributed by atoms with Crippen molar-refractivity contribution >= 4 is 27.6 Å². The number of nitrogens with one attached hydrogen (secondary N) is 1. The Morgan fingerprint density at radius 1 is 0.946 bits per heavy atom. The zero-order chi connectivity index (χ0) is 26.8. The minimum absolute atomic E-state index is 0.148. The van der Waals surface area contributed by atoms with E-state index in [9.17, 15) is 18.0 Å². The molecule has 0 atom stereocenters. The summed E-state index contributed by atoms with van der Waals surface area (Å²) >= 11 is 0. The van der Waals surface area contributed by atoms with Gasteiger partial charge in [0.05, 0.1) is 23.6 Å². The predicted octanol–water partition coefficient (Wildman–Crippen LogP) is 5.13. The maximum Gasteiger partial charge on any atom is 0.338 e. The van der Waals surface area contributed by atoms with Crippen molar-refractivity contribution in [2.24, 2.45) is 0 Å². The summed E-state index contributed by atoms with van der Waals surface area (Å²) in [7, 11) is -3.93. The van der Waals surface area contributed by atoms with Crippen LogP contribution in [0, 0.1) is 13.8 Å². The minimum atomic E-state index is -3.93. The number of carbonyl (C=O) groups excluding carboxylic acids is 2. The fraction of sp³-hybridized carbons (Fsp3) is 0.310. The second-order valence-electron chi connectivity index (χ2n) is 8.96. The normalized spacial score (nSPS) is 11.4. The highest BCUT2D eigenvalue weighted by atomic mass is 32.2. The molecule has 196 valence electrons. The zero-order valence-electron chi connectivity index (χ0n) is 21.6. The summed E-state index contributed by atoms with van der Waals surface area (Å²) in [6, 6.07) is 21.2. The van der Waals surface area contributed by atoms with Gasteiger partial charge in [0.1, 0.15) is 0 Å². The number of rotatable bonds is 12. The van der Waals surface area contributed by atoms with Gasteiger partial charge < -0.3 is 10.1 Å². The number of hydrogen-bond donors (Lipinski definition) is 1. The third kappa shape index (κ3) is 8.00. The molecule has 3 rings (SSSR count). The van der Waals surface area contributed by atoms with E-state index in [0.29, 0.717) is 29.8 Å². The maximum atomic E-state index is 13.6. The van der Waals surface area contributed by atoms with Crippen molar-refractivity contribution in [2.45, 2.75) is 44.9 Å². The Labute approximate surface area is 219 Å². The fourth-order valence-corrected chi connectivity index (χ4v) is 5.46. The summed E-state index contributed by atoms with van der Waals surface area (Å²) < 4.78 is 33.7. The lowest BCUT2D eigenvalue weighted by atomic mass is 10.1. The molecule has 0 aliphatic rings. The number of hydrogen-bond acceptors (Lipinski definition) is 5. The Bertz CT molecular complexity index is 1310. The van der Waals surface area contributed by atoms with E-state index in [1.54, 1.807) is 43.3 Å². The molecule has 7 nitrogen and oxygen atoms in total. The Kier molecular flexibility index (Phi) is 10.00. The summed E-state index contributed by atoms with van der Waals surface area (Å²) in [5.74, 6) is -0.891. The van der Waals surface area contributed by atoms with Crippen LogP contribution in [0.3, 0.4) is 0 Å². The van der Waals surface area contributed by atoms with Crippen LogP contribution in [0.4, 0.5) is 5.69 Å². The molecule has 1 N–H and O–H groups in total. The first-order valence-electron chi connectivity index (χ1n) is 12.4. The number of carbonyl (C=O) groups is 2. The monoisotopic (exact) mass is 522 g/mol. The highest BCUT2D eigenvalue weighted by molar-refractivity contribution is 7.89. The molecule has 1 amide bonds. The van der Waals surface area contributed by atoms with Gasteiger partial charge in [0.25, 0.3) is 0 Å². The van der Waals surface area contributed by atoms with Crippen molar-refractivity contribution in [3.8, 4) is 0 Å². The van der Waals surface area contributed by atoms with Gasteiger partial charge in [0, 0.05) is 12.2 Å². The van der Waals surface area contributed by atoms with Gasteiger partial charge in [-0.3, -0.25) is 4.79 Å². The Balaban J connectivity index is 1.75. The number of benzene rings is 3. The first-order chi connectivity index (χ1) is 17.7. The molecule has 0 aliphatic heterocycles. The second kappa shape index (κ2) is 13.2. The lowest BCUT2D eigenvalue weighted by Crippen LogP contribution is -2.39. The van der Waals surface area contributed by atoms with Gasteiger partial charge in [-0.2, -0.15) is 4.31 Å². The molecular weight excluding hydrogens is 488 g/mol. The molecule has 0 heterocycles. The Hall–Kier alpha value is -3.49. The highest BCUT2D eigenvalue weighted by Crippen LogP contribution is 2.22. The van der Waals surface area contributed by atoms with Crippen LogP contribution in [0.15, 0.2) is 77.7 Å². The number of nitrogens with zero attached hydrogens (tertiary/aromatic N) is 1. The van der Waals surface area contributed by atoms with Crippen LogP contribution in [-0.2, 0) is 26.0 Å². The third-order valence-electron chi connectivity index (χ3n) is 5.91. The molecule has 3 aromatic carbocycles. The van der Waals surface area contributed by atoms with E-state index in [1.807, 2.05) is 50.2 Å². The molecule has 0 saturated carbocycles. The summed E-state index contributed by atoms with van der Waals surface area (Å²) in [4.78, 5) is 25.2. The van der Waals surface area contributed by atoms with E-state index in [4.69, 9.17) is 4.74 Å². The van der Waals surface area contributed by atoms with Crippen LogP contribution in [0.25, 0.3) is 0 Å². The van der Waals surface area contributed by atoms with Gasteiger partial charge in [0.15, 0.2) is 0 Å². The lowest BCUT2D eigenvalue weighted by Gasteiger charge is -2.23. The van der Waals surface area contributed by atoms with E-state index in [0.717, 1.165) is 24.0 Å². The van der Waals surface area contributed by atoms with Gasteiger partial charge in [-0.25, -0.2) is 13.2 Å². The third-order valence-corrected chi connectivity index (χ3v) is 7.90. The largest absolute Gasteiger partial charge is 0.462 e. The average molecular weight is 523 g/mol. The van der Waals surface area contributed by atoms with E-state index < -0.39 is 21.9 Å². The van der Waals surface area contributed by atoms with E-state index in [-0.39, 0.29) is 18.0 Å². The van der Waals surface area contributed by atoms with Crippen molar-refractivity contribution in [2.75, 3.05) is 25.0 Å². The van der Waals surface area contributed by atoms with Crippen molar-refractivity contribution < 1.29 is 22.7 Å². The molecule has 0 unspecified atom stereocenters. The van der Waals surface area contributed by atoms with Crippen molar-refractivity contribution in [3.05, 3.63) is 95.1 Å². The molecule has 8 heteroatoms. The van der Waals surface area contributed by atoms with E-state index in [1.165, 1.54) is 4.31 Å². The molecule has 0 aromatic heterocycles. The number of sulfonamides is 1. The molecular formula is C29H34N2O5S. The first-order valence-corrected chi connectivity index (χ1v) is 13.8. The number of anilines is 1. The quantitative estimate of drug-likeness (QED) is 0.263. The first kappa shape index (κ1) is 28.1. The number of unbranched alkanes of at least 4 members (excludes halogenated alkanes) is 1. The SMILES string of the molecule is CCCCOC(=O)c1ccc(NC(=O)CN(CCc2ccccc2)S(=O)(=O)c2cc(C)ccc2C)cc1. The van der Waals surface area contributed by atoms with Crippen LogP contribution in [0.5, 0.6) is 0 Å². The number of aryl methyl sites for hydroxylation is 2. The summed E-state index contributed by atoms with van der Waals surface area (Å²) in [5.41, 5.74) is 3.27. The molecule has 37 heavy (non-hydrogen) atoms. The van der Waals surface area contributed by atoms with Crippen LogP contribution < -0.4 is 5.32 Å². The topological polar surface area (TPSA) is 92.8 Å². The molecule has 3 aromatic rings. The van der Waals surface area contributed by atoms with E-state index in [2.05, 4.69) is 5.32 Å². The lowest BCUT2D eigenvalue weighted by molar-refractivity contribution is -0.116. The van der Waals surface area contributed by atoms with Gasteiger partial charge >= 0.3 is 5.97 Å². The number of ether oxygens (including phenoxy) is 1. The number of esters is 1. The van der Waals surface area contributed by atoms with Crippen LogP contribution in [-0.4, -0.2) is 44.3 Å². The van der Waals surface area contributed by atoms with Gasteiger partial charge in [-0.15, -0.1) is 0 Å². The zero-order valence-corrected chi connectivity index (χ0v) is 22.4. The number of amides is 1. The van der Waals surface area contributed by atoms with E-state index >= 15 is 0 Å². The highest BCUT2D eigenvalue weighted by Gasteiger charge is 2.28. The predicted molar refractivity (Wildman–Crippen MR) is 145 cm³/mol. The van der Waals surface area contributed by atoms with Gasteiger partial charge in [0.2, 0.25) is 15.9 Å². The summed E-state index contributed by atoms with van der Waals surface area (Å²) in [5, 5.41) is 2.74. The Morgan fingerprint density at radius 2 is 1.65 bits per heavy atom. The molecule has 0 fully saturated rings. The smallest absolute Gasteiger partial charge is 0.338 e. The summed E-state index contributed by atoms with van der Waals surface area (Å²) in [6.07, 6.45) is 2.19. The summed E-state index contributed by atoms with van der Waals surface area (Å²) in [6.45, 7) is 5.77. The standard InChI is InChI=1S/C29H34N2O5S/c1-4-5-19-36-29(33)25-13-15-26(16-14-25)30-28(32)21-31(18-17-24-9-7-6-8-10-24)37(34,35)27-20-22(2)11-12-23(27)3/h6-16,20H,4-5,17-19,21H2,1-3H3,(H,30,32). The second-order valence-corrected chi connectivity index (χ2v) is 10.9. The minimum Gasteiger partial charge on any atom is -0.462 e. The van der Waals surface area contributed by atoms with Crippen molar-refractivity contribution in [1.82, 2.24) is 4.31 Å². The molecule has 0 radical (unpaired) electrons. The van der Waals surface area contributed by atoms with Crippen LogP contribution in [0.1, 0.15) is 46.8 Å². The van der Waals surface area contributed by atoms with Crippen molar-refractivity contribution in [1.29, 1.82) is 0 Å². The maximum absolute atomic E-state index is 13.6. The molecule has 0 spiro atoms. The van der Waals surface area contributed by atoms with Crippen molar-refractivity contribution in [3.63, 3.8) is 0 Å². The molecule has 0 bridgehead atoms. The van der Waals surface area contributed by atoms with Crippen LogP contribution in [0.2, 0.25) is 0 Å². The molecule has 0 saturated heterocycles. The Morgan fingerprint density at radius 3 is 2.32 bits per heavy atom. The van der Waals surface area contributed by atoms with Crippen LogP contribution >= 0.6 is 0 Å². The average Bonchev–Trinajstić information content (AvgIpc) is 2.89. The molecule has 0 aliphatic carbocycles.